The minimum Gasteiger partial charge on any atom is -0.380 e. The molecule has 1 aromatic carbocycles. The van der Waals surface area contributed by atoms with E-state index in [0.29, 0.717) is 11.0 Å². The van der Waals surface area contributed by atoms with Crippen LogP contribution in [0.1, 0.15) is 5.56 Å². The molecule has 0 unspecified atom stereocenters. The minimum atomic E-state index is -0.411. The molecule has 0 saturated carbocycles. The van der Waals surface area contributed by atoms with Gasteiger partial charge in [-0.3, -0.25) is 10.1 Å². The number of non-ortho nitro benzene ring substituents is 1. The largest absolute Gasteiger partial charge is 0.380 e. The number of hydrogen-bond acceptors (Lipinski definition) is 3. The summed E-state index contributed by atoms with van der Waals surface area (Å²) in [6, 6.07) is 6.70. The lowest BCUT2D eigenvalue weighted by molar-refractivity contribution is -0.384. The number of rotatable bonds is 4. The van der Waals surface area contributed by atoms with Gasteiger partial charge in [-0.05, 0) is 33.6 Å². The van der Waals surface area contributed by atoms with Crippen LogP contribution in [0.4, 0.5) is 11.4 Å². The lowest BCUT2D eigenvalue weighted by atomic mass is 10.2. The Hall–Kier alpha value is -1.82. The summed E-state index contributed by atoms with van der Waals surface area (Å²) >= 11 is 3.32. The molecule has 1 N–H and O–H groups in total. The van der Waals surface area contributed by atoms with Gasteiger partial charge in [0.25, 0.3) is 5.69 Å². The highest BCUT2D eigenvalue weighted by atomic mass is 79.9. The van der Waals surface area contributed by atoms with Crippen molar-refractivity contribution in [3.63, 3.8) is 0 Å². The summed E-state index contributed by atoms with van der Waals surface area (Å²) in [6.07, 6.45) is 3.99. The quantitative estimate of drug-likeness (QED) is 0.696. The highest BCUT2D eigenvalue weighted by Gasteiger charge is 2.08. The first-order valence-corrected chi connectivity index (χ1v) is 6.14. The van der Waals surface area contributed by atoms with Gasteiger partial charge in [0.05, 0.1) is 4.92 Å². The Bertz CT molecular complexity index is 580. The lowest BCUT2D eigenvalue weighted by Crippen LogP contribution is -1.99. The zero-order valence-corrected chi connectivity index (χ0v) is 11.3. The Kier molecular flexibility index (Phi) is 3.66. The first-order valence-electron chi connectivity index (χ1n) is 5.35. The van der Waals surface area contributed by atoms with E-state index in [1.54, 1.807) is 6.07 Å². The van der Waals surface area contributed by atoms with E-state index >= 15 is 0 Å². The Morgan fingerprint density at radius 2 is 2.22 bits per heavy atom. The van der Waals surface area contributed by atoms with Gasteiger partial charge in [-0.2, -0.15) is 0 Å². The molecule has 0 spiro atoms. The van der Waals surface area contributed by atoms with Crippen molar-refractivity contribution in [3.8, 4) is 0 Å². The second-order valence-electron chi connectivity index (χ2n) is 3.96. The van der Waals surface area contributed by atoms with Crippen molar-refractivity contribution in [2.24, 2.45) is 7.05 Å². The van der Waals surface area contributed by atoms with E-state index in [0.717, 1.165) is 11.3 Å². The first-order chi connectivity index (χ1) is 8.56. The second-order valence-corrected chi connectivity index (χ2v) is 4.81. The van der Waals surface area contributed by atoms with Crippen molar-refractivity contribution in [3.05, 3.63) is 56.8 Å². The predicted molar refractivity (Wildman–Crippen MR) is 73.5 cm³/mol. The average Bonchev–Trinajstić information content (AvgIpc) is 2.73. The number of aromatic nitrogens is 1. The maximum atomic E-state index is 10.6. The number of nitro benzene ring substituents is 1. The van der Waals surface area contributed by atoms with Crippen molar-refractivity contribution in [2.75, 3.05) is 5.32 Å². The summed E-state index contributed by atoms with van der Waals surface area (Å²) < 4.78 is 2.66. The molecule has 0 atom stereocenters. The molecule has 1 aromatic heterocycles. The van der Waals surface area contributed by atoms with Crippen molar-refractivity contribution >= 4 is 27.3 Å². The molecular weight excluding hydrogens is 298 g/mol. The molecule has 0 amide bonds. The van der Waals surface area contributed by atoms with Gasteiger partial charge in [0.15, 0.2) is 0 Å². The molecule has 18 heavy (non-hydrogen) atoms. The first kappa shape index (κ1) is 12.6. The third-order valence-electron chi connectivity index (χ3n) is 2.54. The van der Waals surface area contributed by atoms with Crippen LogP contribution >= 0.6 is 15.9 Å². The monoisotopic (exact) mass is 309 g/mol. The number of anilines is 1. The normalized spacial score (nSPS) is 10.3. The maximum absolute atomic E-state index is 10.6. The van der Waals surface area contributed by atoms with Gasteiger partial charge in [0.1, 0.15) is 0 Å². The Balaban J connectivity index is 2.08. The van der Waals surface area contributed by atoms with E-state index in [9.17, 15) is 10.1 Å². The molecule has 0 bridgehead atoms. The molecule has 0 radical (unpaired) electrons. The van der Waals surface area contributed by atoms with Crippen molar-refractivity contribution in [2.45, 2.75) is 6.54 Å². The molecule has 2 rings (SSSR count). The Morgan fingerprint density at radius 3 is 2.78 bits per heavy atom. The van der Waals surface area contributed by atoms with Crippen LogP contribution in [0, 0.1) is 10.1 Å². The van der Waals surface area contributed by atoms with Gasteiger partial charge < -0.3 is 9.88 Å². The van der Waals surface area contributed by atoms with Gasteiger partial charge in [-0.15, -0.1) is 0 Å². The topological polar surface area (TPSA) is 60.1 Å². The Labute approximate surface area is 113 Å². The Morgan fingerprint density at radius 1 is 1.44 bits per heavy atom. The molecular formula is C12H12BrN3O2. The van der Waals surface area contributed by atoms with Crippen molar-refractivity contribution in [1.29, 1.82) is 0 Å². The van der Waals surface area contributed by atoms with Crippen LogP contribution in [-0.4, -0.2) is 9.49 Å². The summed E-state index contributed by atoms with van der Waals surface area (Å²) in [7, 11) is 1.96. The number of nitro groups is 1. The molecule has 0 saturated heterocycles. The van der Waals surface area contributed by atoms with E-state index in [2.05, 4.69) is 21.2 Å². The SMILES string of the molecule is Cn1ccc(CNc2ccc([N+](=O)[O-])cc2Br)c1. The van der Waals surface area contributed by atoms with Crippen LogP contribution in [-0.2, 0) is 13.6 Å². The third kappa shape index (κ3) is 2.89. The molecule has 0 fully saturated rings. The summed E-state index contributed by atoms with van der Waals surface area (Å²) in [5, 5.41) is 13.8. The van der Waals surface area contributed by atoms with Crippen LogP contribution in [0.5, 0.6) is 0 Å². The average molecular weight is 310 g/mol. The number of halogens is 1. The van der Waals surface area contributed by atoms with Gasteiger partial charge in [0.2, 0.25) is 0 Å². The fraction of sp³-hybridized carbons (Fsp3) is 0.167. The van der Waals surface area contributed by atoms with Gasteiger partial charge >= 0.3 is 0 Å². The summed E-state index contributed by atoms with van der Waals surface area (Å²) in [5.41, 5.74) is 2.07. The van der Waals surface area contributed by atoms with E-state index in [-0.39, 0.29) is 5.69 Å². The number of hydrogen-bond donors (Lipinski definition) is 1. The molecule has 0 aliphatic heterocycles. The molecule has 0 aliphatic rings. The third-order valence-corrected chi connectivity index (χ3v) is 3.20. The molecule has 94 valence electrons. The van der Waals surface area contributed by atoms with Crippen LogP contribution in [0.15, 0.2) is 41.1 Å². The zero-order valence-electron chi connectivity index (χ0n) is 9.76. The van der Waals surface area contributed by atoms with Crippen LogP contribution < -0.4 is 5.32 Å². The predicted octanol–water partition coefficient (Wildman–Crippen LogP) is 3.31. The number of benzene rings is 1. The highest BCUT2D eigenvalue weighted by molar-refractivity contribution is 9.10. The molecule has 6 heteroatoms. The molecule has 5 nitrogen and oxygen atoms in total. The van der Waals surface area contributed by atoms with Crippen molar-refractivity contribution in [1.82, 2.24) is 4.57 Å². The van der Waals surface area contributed by atoms with E-state index in [1.807, 2.05) is 30.1 Å². The lowest BCUT2D eigenvalue weighted by Gasteiger charge is -2.07. The fourth-order valence-electron chi connectivity index (χ4n) is 1.62. The van der Waals surface area contributed by atoms with Crippen molar-refractivity contribution < 1.29 is 4.92 Å². The maximum Gasteiger partial charge on any atom is 0.270 e. The van der Waals surface area contributed by atoms with Crippen LogP contribution in [0.25, 0.3) is 0 Å². The summed E-state index contributed by atoms with van der Waals surface area (Å²) in [4.78, 5) is 10.2. The zero-order chi connectivity index (χ0) is 13.1. The smallest absolute Gasteiger partial charge is 0.270 e. The summed E-state index contributed by atoms with van der Waals surface area (Å²) in [6.45, 7) is 0.678. The molecule has 2 aromatic rings. The van der Waals surface area contributed by atoms with E-state index < -0.39 is 4.92 Å². The van der Waals surface area contributed by atoms with E-state index in [1.165, 1.54) is 12.1 Å². The van der Waals surface area contributed by atoms with Crippen LogP contribution in [0.3, 0.4) is 0 Å². The van der Waals surface area contributed by atoms with Gasteiger partial charge in [-0.1, -0.05) is 0 Å². The molecule has 0 aliphatic carbocycles. The fourth-order valence-corrected chi connectivity index (χ4v) is 2.13. The van der Waals surface area contributed by atoms with Gasteiger partial charge in [0, 0.05) is 48.3 Å². The van der Waals surface area contributed by atoms with E-state index in [4.69, 9.17) is 0 Å². The van der Waals surface area contributed by atoms with Gasteiger partial charge in [-0.25, -0.2) is 0 Å². The number of nitrogens with zero attached hydrogens (tertiary/aromatic N) is 2. The number of nitrogens with one attached hydrogen (secondary N) is 1. The highest BCUT2D eigenvalue weighted by Crippen LogP contribution is 2.27. The second kappa shape index (κ2) is 5.22. The molecule has 1 heterocycles. The minimum absolute atomic E-state index is 0.0761. The van der Waals surface area contributed by atoms with Crippen LogP contribution in [0.2, 0.25) is 0 Å². The standard InChI is InChI=1S/C12H12BrN3O2/c1-15-5-4-9(8-15)7-14-12-3-2-10(16(17)18)6-11(12)13/h2-6,8,14H,7H2,1H3. The number of aryl methyl sites for hydroxylation is 1. The summed E-state index contributed by atoms with van der Waals surface area (Å²) in [5.74, 6) is 0.